The monoisotopic (exact) mass is 569 g/mol. The van der Waals surface area contributed by atoms with E-state index in [1.54, 1.807) is 32.9 Å². The molecule has 41 heavy (non-hydrogen) atoms. The normalized spacial score (nSPS) is 12.6. The number of carbonyl (C=O) groups excluding carboxylic acids is 4. The molecule has 10 heteroatoms. The number of amides is 3. The van der Waals surface area contributed by atoms with Gasteiger partial charge in [-0.2, -0.15) is 0 Å². The molecule has 0 bridgehead atoms. The molecule has 224 valence electrons. The van der Waals surface area contributed by atoms with Gasteiger partial charge < -0.3 is 30.1 Å². The summed E-state index contributed by atoms with van der Waals surface area (Å²) < 4.78 is 10.1. The fraction of sp³-hybridized carbons (Fsp3) is 0.484. The van der Waals surface area contributed by atoms with Crippen molar-refractivity contribution in [3.63, 3.8) is 0 Å². The first-order chi connectivity index (χ1) is 19.2. The first kappa shape index (κ1) is 33.1. The van der Waals surface area contributed by atoms with Crippen LogP contribution in [0.4, 0.5) is 4.79 Å². The number of esters is 1. The summed E-state index contributed by atoms with van der Waals surface area (Å²) in [6.45, 7) is 10.7. The SMILES string of the molecule is CCCCN(C(=O)C(Cc1ccc(O)cc1)NC(=O)OC(C)(C)C)C(C(=O)NCC(=O)OC)c1cc(C)ccc1C. The van der Waals surface area contributed by atoms with E-state index in [4.69, 9.17) is 4.74 Å². The maximum atomic E-state index is 14.4. The molecule has 0 aliphatic heterocycles. The molecule has 2 atom stereocenters. The molecule has 2 unspecified atom stereocenters. The predicted octanol–water partition coefficient (Wildman–Crippen LogP) is 4.10. The molecule has 3 N–H and O–H groups in total. The van der Waals surface area contributed by atoms with Crippen LogP contribution >= 0.6 is 0 Å². The summed E-state index contributed by atoms with van der Waals surface area (Å²) in [5.74, 6) is -1.59. The van der Waals surface area contributed by atoms with Crippen LogP contribution in [0.15, 0.2) is 42.5 Å². The number of unbranched alkanes of at least 4 members (excludes halogenated alkanes) is 1. The zero-order valence-corrected chi connectivity index (χ0v) is 25.1. The van der Waals surface area contributed by atoms with E-state index < -0.39 is 41.6 Å². The Morgan fingerprint density at radius 2 is 1.68 bits per heavy atom. The minimum Gasteiger partial charge on any atom is -0.508 e. The molecular formula is C31H43N3O7. The number of aromatic hydroxyl groups is 1. The van der Waals surface area contributed by atoms with E-state index in [0.29, 0.717) is 17.5 Å². The Labute approximate surface area is 242 Å². The van der Waals surface area contributed by atoms with E-state index in [-0.39, 0.29) is 25.3 Å². The van der Waals surface area contributed by atoms with E-state index in [2.05, 4.69) is 15.4 Å². The van der Waals surface area contributed by atoms with Gasteiger partial charge in [0.05, 0.1) is 7.11 Å². The lowest BCUT2D eigenvalue weighted by Crippen LogP contribution is -2.54. The van der Waals surface area contributed by atoms with Crippen molar-refractivity contribution in [2.24, 2.45) is 0 Å². The molecule has 2 aromatic carbocycles. The summed E-state index contributed by atoms with van der Waals surface area (Å²) in [6, 6.07) is 9.78. The van der Waals surface area contributed by atoms with Crippen molar-refractivity contribution in [2.75, 3.05) is 20.2 Å². The van der Waals surface area contributed by atoms with Gasteiger partial charge in [-0.15, -0.1) is 0 Å². The fourth-order valence-corrected chi connectivity index (χ4v) is 4.25. The van der Waals surface area contributed by atoms with E-state index in [1.165, 1.54) is 24.1 Å². The number of ether oxygens (including phenoxy) is 2. The Morgan fingerprint density at radius 1 is 1.02 bits per heavy atom. The molecule has 0 spiro atoms. The van der Waals surface area contributed by atoms with Gasteiger partial charge in [0, 0.05) is 13.0 Å². The molecule has 0 heterocycles. The molecular weight excluding hydrogens is 526 g/mol. The third-order valence-electron chi connectivity index (χ3n) is 6.32. The molecule has 2 aromatic rings. The molecule has 0 fully saturated rings. The number of benzene rings is 2. The van der Waals surface area contributed by atoms with Gasteiger partial charge in [-0.3, -0.25) is 14.4 Å². The topological polar surface area (TPSA) is 134 Å². The number of phenolic OH excluding ortho intramolecular Hbond substituents is 1. The van der Waals surface area contributed by atoms with E-state index in [9.17, 15) is 24.3 Å². The van der Waals surface area contributed by atoms with Gasteiger partial charge in [0.25, 0.3) is 0 Å². The van der Waals surface area contributed by atoms with Crippen molar-refractivity contribution in [3.8, 4) is 5.75 Å². The summed E-state index contributed by atoms with van der Waals surface area (Å²) in [6.07, 6.45) is 0.651. The molecule has 10 nitrogen and oxygen atoms in total. The maximum absolute atomic E-state index is 14.4. The number of hydrogen-bond donors (Lipinski definition) is 3. The number of aryl methyl sites for hydroxylation is 2. The highest BCUT2D eigenvalue weighted by molar-refractivity contribution is 5.93. The van der Waals surface area contributed by atoms with Crippen LogP contribution < -0.4 is 10.6 Å². The van der Waals surface area contributed by atoms with Crippen LogP contribution in [-0.4, -0.2) is 65.7 Å². The van der Waals surface area contributed by atoms with Crippen LogP contribution in [-0.2, 0) is 30.3 Å². The smallest absolute Gasteiger partial charge is 0.408 e. The third kappa shape index (κ3) is 10.4. The van der Waals surface area contributed by atoms with E-state index in [1.807, 2.05) is 39.0 Å². The molecule has 0 aliphatic rings. The average molecular weight is 570 g/mol. The highest BCUT2D eigenvalue weighted by Gasteiger charge is 2.37. The van der Waals surface area contributed by atoms with E-state index in [0.717, 1.165) is 17.5 Å². The Morgan fingerprint density at radius 3 is 2.27 bits per heavy atom. The minimum absolute atomic E-state index is 0.0681. The van der Waals surface area contributed by atoms with Crippen LogP contribution in [0.25, 0.3) is 0 Å². The number of carbonyl (C=O) groups is 4. The standard InChI is InChI=1S/C31H43N3O7/c1-8-9-16-34(27(28(37)32-19-26(36)40-7)24-17-20(2)10-11-21(24)3)29(38)25(33-30(39)41-31(4,5)6)18-22-12-14-23(35)15-13-22/h10-15,17,25,27,35H,8-9,16,18-19H2,1-7H3,(H,32,37)(H,33,39). The first-order valence-corrected chi connectivity index (χ1v) is 13.7. The van der Waals surface area contributed by atoms with Crippen molar-refractivity contribution >= 4 is 23.9 Å². The highest BCUT2D eigenvalue weighted by Crippen LogP contribution is 2.28. The van der Waals surface area contributed by atoms with Crippen molar-refractivity contribution in [2.45, 2.75) is 78.5 Å². The molecule has 0 radical (unpaired) electrons. The Hall–Kier alpha value is -4.08. The molecule has 3 amide bonds. The van der Waals surface area contributed by atoms with E-state index >= 15 is 0 Å². The molecule has 2 rings (SSSR count). The summed E-state index contributed by atoms with van der Waals surface area (Å²) in [4.78, 5) is 54.2. The second-order valence-electron chi connectivity index (χ2n) is 11.0. The van der Waals surface area contributed by atoms with Crippen LogP contribution in [0.3, 0.4) is 0 Å². The average Bonchev–Trinajstić information content (AvgIpc) is 2.90. The van der Waals surface area contributed by atoms with Crippen LogP contribution in [0.1, 0.15) is 68.8 Å². The number of rotatable bonds is 12. The molecule has 0 saturated heterocycles. The van der Waals surface area contributed by atoms with Crippen molar-refractivity contribution < 1.29 is 33.8 Å². The Balaban J connectivity index is 2.60. The minimum atomic E-state index is -1.09. The lowest BCUT2D eigenvalue weighted by molar-refractivity contribution is -0.144. The molecule has 0 saturated carbocycles. The van der Waals surface area contributed by atoms with Gasteiger partial charge in [0.1, 0.15) is 30.0 Å². The van der Waals surface area contributed by atoms with Crippen molar-refractivity contribution in [1.82, 2.24) is 15.5 Å². The summed E-state index contributed by atoms with van der Waals surface area (Å²) in [5.41, 5.74) is 2.18. The van der Waals surface area contributed by atoms with Crippen molar-refractivity contribution in [3.05, 3.63) is 64.7 Å². The second kappa shape index (κ2) is 15.1. The Kier molecular flexibility index (Phi) is 12.2. The second-order valence-corrected chi connectivity index (χ2v) is 11.0. The number of methoxy groups -OCH3 is 1. The number of nitrogens with one attached hydrogen (secondary N) is 2. The number of nitrogens with zero attached hydrogens (tertiary/aromatic N) is 1. The number of phenols is 1. The largest absolute Gasteiger partial charge is 0.508 e. The number of hydrogen-bond acceptors (Lipinski definition) is 7. The lowest BCUT2D eigenvalue weighted by atomic mass is 9.95. The molecule has 0 aliphatic carbocycles. The van der Waals surface area contributed by atoms with Crippen molar-refractivity contribution in [1.29, 1.82) is 0 Å². The van der Waals surface area contributed by atoms with Gasteiger partial charge in [-0.1, -0.05) is 49.2 Å². The molecule has 0 aromatic heterocycles. The zero-order valence-electron chi connectivity index (χ0n) is 25.1. The van der Waals surface area contributed by atoms with Crippen LogP contribution in [0, 0.1) is 13.8 Å². The van der Waals surface area contributed by atoms with Gasteiger partial charge >= 0.3 is 12.1 Å². The van der Waals surface area contributed by atoms with Gasteiger partial charge in [-0.05, 0) is 69.9 Å². The highest BCUT2D eigenvalue weighted by atomic mass is 16.6. The maximum Gasteiger partial charge on any atom is 0.408 e. The summed E-state index contributed by atoms with van der Waals surface area (Å²) in [7, 11) is 1.23. The van der Waals surface area contributed by atoms with Crippen LogP contribution in [0.2, 0.25) is 0 Å². The lowest BCUT2D eigenvalue weighted by Gasteiger charge is -2.35. The zero-order chi connectivity index (χ0) is 30.7. The Bertz CT molecular complexity index is 1210. The fourth-order valence-electron chi connectivity index (χ4n) is 4.25. The third-order valence-corrected chi connectivity index (χ3v) is 6.32. The van der Waals surface area contributed by atoms with Gasteiger partial charge in [0.15, 0.2) is 0 Å². The van der Waals surface area contributed by atoms with Crippen LogP contribution in [0.5, 0.6) is 5.75 Å². The number of alkyl carbamates (subject to hydrolysis) is 1. The summed E-state index contributed by atoms with van der Waals surface area (Å²) >= 11 is 0. The quantitative estimate of drug-likeness (QED) is 0.328. The predicted molar refractivity (Wildman–Crippen MR) is 155 cm³/mol. The summed E-state index contributed by atoms with van der Waals surface area (Å²) in [5, 5.41) is 15.0. The first-order valence-electron chi connectivity index (χ1n) is 13.7. The van der Waals surface area contributed by atoms with Gasteiger partial charge in [0.2, 0.25) is 11.8 Å². The van der Waals surface area contributed by atoms with Gasteiger partial charge in [-0.25, -0.2) is 4.79 Å².